The largest absolute Gasteiger partial charge is 0.324 e. The smallest absolute Gasteiger partial charge is 0.240 e. The second-order valence-electron chi connectivity index (χ2n) is 4.30. The fourth-order valence-electron chi connectivity index (χ4n) is 1.72. The molecule has 0 fully saturated rings. The van der Waals surface area contributed by atoms with E-state index in [-0.39, 0.29) is 4.90 Å². The van der Waals surface area contributed by atoms with Gasteiger partial charge in [0.2, 0.25) is 10.0 Å². The van der Waals surface area contributed by atoms with Crippen LogP contribution in [0.4, 0.5) is 5.69 Å². The lowest BCUT2D eigenvalue weighted by atomic mass is 10.3. The summed E-state index contributed by atoms with van der Waals surface area (Å²) in [5, 5.41) is 4.19. The predicted molar refractivity (Wildman–Crippen MR) is 76.4 cm³/mol. The Hall–Kier alpha value is -1.90. The summed E-state index contributed by atoms with van der Waals surface area (Å²) in [6.45, 7) is 0.302. The Kier molecular flexibility index (Phi) is 4.38. The Morgan fingerprint density at radius 3 is 2.50 bits per heavy atom. The van der Waals surface area contributed by atoms with Gasteiger partial charge in [0.25, 0.3) is 0 Å². The summed E-state index contributed by atoms with van der Waals surface area (Å²) in [6.07, 6.45) is 2.37. The zero-order chi connectivity index (χ0) is 14.6. The molecule has 108 valence electrons. The Bertz CT molecular complexity index is 663. The van der Waals surface area contributed by atoms with Gasteiger partial charge in [-0.15, -0.1) is 0 Å². The molecule has 0 aliphatic carbocycles. The summed E-state index contributed by atoms with van der Waals surface area (Å²) in [5.74, 6) is 5.23. The number of hydrogen-bond acceptors (Lipinski definition) is 5. The van der Waals surface area contributed by atoms with Crippen LogP contribution in [-0.4, -0.2) is 24.7 Å². The molecule has 0 radical (unpaired) electrons. The first-order chi connectivity index (χ1) is 9.51. The first-order valence-corrected chi connectivity index (χ1v) is 7.54. The van der Waals surface area contributed by atoms with Gasteiger partial charge in [0, 0.05) is 31.9 Å². The summed E-state index contributed by atoms with van der Waals surface area (Å²) in [6, 6.07) is 8.06. The van der Waals surface area contributed by atoms with Gasteiger partial charge in [0.05, 0.1) is 10.6 Å². The molecular weight excluding hydrogens is 278 g/mol. The number of aryl methyl sites for hydroxylation is 1. The summed E-state index contributed by atoms with van der Waals surface area (Å²) in [4.78, 5) is 0.206. The molecule has 0 saturated heterocycles. The van der Waals surface area contributed by atoms with Crippen LogP contribution in [0.1, 0.15) is 5.69 Å². The highest BCUT2D eigenvalue weighted by atomic mass is 32.2. The van der Waals surface area contributed by atoms with E-state index in [1.165, 1.54) is 12.1 Å². The molecule has 0 saturated carbocycles. The molecule has 4 N–H and O–H groups in total. The summed E-state index contributed by atoms with van der Waals surface area (Å²) >= 11 is 0. The number of nitrogens with one attached hydrogen (secondary N) is 2. The molecule has 0 aliphatic rings. The Labute approximate surface area is 117 Å². The Morgan fingerprint density at radius 2 is 1.95 bits per heavy atom. The summed E-state index contributed by atoms with van der Waals surface area (Å²) in [5.41, 5.74) is 3.94. The van der Waals surface area contributed by atoms with E-state index < -0.39 is 10.0 Å². The van der Waals surface area contributed by atoms with Gasteiger partial charge in [-0.05, 0) is 30.3 Å². The number of nitrogens with two attached hydrogens (primary N) is 1. The van der Waals surface area contributed by atoms with E-state index in [4.69, 9.17) is 5.84 Å². The Morgan fingerprint density at radius 1 is 1.25 bits per heavy atom. The normalized spacial score (nSPS) is 11.5. The van der Waals surface area contributed by atoms with Crippen molar-refractivity contribution in [2.75, 3.05) is 12.0 Å². The highest BCUT2D eigenvalue weighted by Crippen LogP contribution is 2.12. The van der Waals surface area contributed by atoms with Crippen molar-refractivity contribution in [2.45, 2.75) is 11.3 Å². The summed E-state index contributed by atoms with van der Waals surface area (Å²) in [7, 11) is -1.68. The fraction of sp³-hybridized carbons (Fsp3) is 0.250. The van der Waals surface area contributed by atoms with Gasteiger partial charge in [-0.1, -0.05) is 0 Å². The van der Waals surface area contributed by atoms with Crippen LogP contribution < -0.4 is 16.0 Å². The lowest BCUT2D eigenvalue weighted by molar-refractivity contribution is 0.581. The van der Waals surface area contributed by atoms with Crippen molar-refractivity contribution >= 4 is 15.7 Å². The maximum Gasteiger partial charge on any atom is 0.240 e. The second kappa shape index (κ2) is 6.04. The third-order valence-electron chi connectivity index (χ3n) is 2.77. The van der Waals surface area contributed by atoms with Crippen LogP contribution in [0.5, 0.6) is 0 Å². The van der Waals surface area contributed by atoms with E-state index in [1.54, 1.807) is 16.8 Å². The van der Waals surface area contributed by atoms with E-state index in [1.807, 2.05) is 19.3 Å². The number of aromatic nitrogens is 2. The molecule has 20 heavy (non-hydrogen) atoms. The lowest BCUT2D eigenvalue weighted by Gasteiger charge is -2.07. The van der Waals surface area contributed by atoms with E-state index in [9.17, 15) is 8.42 Å². The number of rotatable bonds is 6. The van der Waals surface area contributed by atoms with Gasteiger partial charge < -0.3 is 5.43 Å². The van der Waals surface area contributed by atoms with Crippen molar-refractivity contribution in [1.29, 1.82) is 0 Å². The van der Waals surface area contributed by atoms with Crippen LogP contribution in [0, 0.1) is 0 Å². The van der Waals surface area contributed by atoms with Crippen LogP contribution in [-0.2, 0) is 23.5 Å². The molecule has 2 rings (SSSR count). The van der Waals surface area contributed by atoms with Crippen LogP contribution in [0.25, 0.3) is 0 Å². The minimum Gasteiger partial charge on any atom is -0.324 e. The second-order valence-corrected chi connectivity index (χ2v) is 6.06. The molecule has 1 heterocycles. The van der Waals surface area contributed by atoms with E-state index >= 15 is 0 Å². The van der Waals surface area contributed by atoms with Crippen LogP contribution in [0.2, 0.25) is 0 Å². The van der Waals surface area contributed by atoms with Gasteiger partial charge in [-0.25, -0.2) is 13.1 Å². The summed E-state index contributed by atoms with van der Waals surface area (Å²) < 4.78 is 28.3. The highest BCUT2D eigenvalue weighted by molar-refractivity contribution is 7.89. The van der Waals surface area contributed by atoms with Crippen molar-refractivity contribution in [2.24, 2.45) is 12.9 Å². The maximum absolute atomic E-state index is 12.0. The van der Waals surface area contributed by atoms with Gasteiger partial charge in [-0.2, -0.15) is 5.10 Å². The molecule has 0 bridgehead atoms. The number of hydrogen-bond donors (Lipinski definition) is 3. The topological polar surface area (TPSA) is 102 Å². The maximum atomic E-state index is 12.0. The van der Waals surface area contributed by atoms with Crippen LogP contribution in [0.3, 0.4) is 0 Å². The van der Waals surface area contributed by atoms with Crippen LogP contribution >= 0.6 is 0 Å². The van der Waals surface area contributed by atoms with Gasteiger partial charge in [0.1, 0.15) is 0 Å². The zero-order valence-electron chi connectivity index (χ0n) is 11.1. The van der Waals surface area contributed by atoms with Crippen molar-refractivity contribution < 1.29 is 8.42 Å². The number of hydrazine groups is 1. The molecule has 1 aromatic heterocycles. The molecule has 0 amide bonds. The van der Waals surface area contributed by atoms with Gasteiger partial charge in [0.15, 0.2) is 0 Å². The van der Waals surface area contributed by atoms with Crippen molar-refractivity contribution in [1.82, 2.24) is 14.5 Å². The van der Waals surface area contributed by atoms with Crippen molar-refractivity contribution in [3.8, 4) is 0 Å². The molecular formula is C12H17N5O2S. The minimum absolute atomic E-state index is 0.206. The first-order valence-electron chi connectivity index (χ1n) is 6.06. The van der Waals surface area contributed by atoms with Gasteiger partial charge >= 0.3 is 0 Å². The third kappa shape index (κ3) is 3.56. The number of sulfonamides is 1. The SMILES string of the molecule is Cn1ccc(CCNS(=O)(=O)c2ccc(NN)cc2)n1. The Balaban J connectivity index is 1.96. The lowest BCUT2D eigenvalue weighted by Crippen LogP contribution is -2.26. The monoisotopic (exact) mass is 295 g/mol. The van der Waals surface area contributed by atoms with Crippen molar-refractivity contribution in [3.05, 3.63) is 42.2 Å². The molecule has 1 aromatic carbocycles. The average Bonchev–Trinajstić information content (AvgIpc) is 2.84. The number of nitrogen functional groups attached to an aromatic ring is 1. The standard InChI is InChI=1S/C12H17N5O2S/c1-17-9-7-11(16-17)6-8-14-20(18,19)12-4-2-10(15-13)3-5-12/h2-5,7,9,14-15H,6,8,13H2,1H3. The highest BCUT2D eigenvalue weighted by Gasteiger charge is 2.13. The molecule has 8 heteroatoms. The molecule has 0 aliphatic heterocycles. The minimum atomic E-state index is -3.50. The fourth-order valence-corrected chi connectivity index (χ4v) is 2.76. The number of anilines is 1. The number of benzene rings is 1. The molecule has 0 unspecified atom stereocenters. The third-order valence-corrected chi connectivity index (χ3v) is 4.25. The van der Waals surface area contributed by atoms with Crippen LogP contribution in [0.15, 0.2) is 41.4 Å². The molecule has 7 nitrogen and oxygen atoms in total. The quantitative estimate of drug-likeness (QED) is 0.523. The zero-order valence-corrected chi connectivity index (χ0v) is 11.9. The van der Waals surface area contributed by atoms with E-state index in [0.29, 0.717) is 18.7 Å². The predicted octanol–water partition coefficient (Wildman–Crippen LogP) is 0.227. The van der Waals surface area contributed by atoms with Gasteiger partial charge in [-0.3, -0.25) is 10.5 Å². The van der Waals surface area contributed by atoms with E-state index in [0.717, 1.165) is 5.69 Å². The van der Waals surface area contributed by atoms with Crippen molar-refractivity contribution in [3.63, 3.8) is 0 Å². The molecule has 0 atom stereocenters. The average molecular weight is 295 g/mol. The molecule has 2 aromatic rings. The van der Waals surface area contributed by atoms with E-state index in [2.05, 4.69) is 15.2 Å². The number of nitrogens with zero attached hydrogens (tertiary/aromatic N) is 2. The first kappa shape index (κ1) is 14.5. The molecule has 0 spiro atoms.